The Morgan fingerprint density at radius 2 is 1.39 bits per heavy atom. The van der Waals surface area contributed by atoms with Crippen molar-refractivity contribution in [2.45, 2.75) is 44.6 Å². The van der Waals surface area contributed by atoms with Gasteiger partial charge in [-0.1, -0.05) is 85.8 Å². The second-order valence-electron chi connectivity index (χ2n) is 8.60. The van der Waals surface area contributed by atoms with Crippen molar-refractivity contribution in [2.75, 3.05) is 4.90 Å². The van der Waals surface area contributed by atoms with Crippen molar-refractivity contribution in [2.24, 2.45) is 0 Å². The van der Waals surface area contributed by atoms with Crippen LogP contribution in [-0.4, -0.2) is 11.4 Å². The van der Waals surface area contributed by atoms with Crippen LogP contribution in [-0.2, 0) is 16.6 Å². The minimum Gasteiger partial charge on any atom is -0.306 e. The number of carbonyl (C=O) groups is 1. The molecule has 2 heteroatoms. The van der Waals surface area contributed by atoms with Crippen molar-refractivity contribution in [3.8, 4) is 0 Å². The third-order valence-electron chi connectivity index (χ3n) is 5.99. The van der Waals surface area contributed by atoms with Gasteiger partial charge in [0.1, 0.15) is 0 Å². The third kappa shape index (κ3) is 3.13. The number of nitrogens with zero attached hydrogens (tertiary/aromatic N) is 1. The molecule has 1 atom stereocenters. The van der Waals surface area contributed by atoms with Gasteiger partial charge < -0.3 is 4.90 Å². The number of rotatable bonds is 3. The Morgan fingerprint density at radius 3 is 2.07 bits per heavy atom. The molecule has 1 aliphatic heterocycles. The summed E-state index contributed by atoms with van der Waals surface area (Å²) in [7, 11) is 0. The molecule has 2 nitrogen and oxygen atoms in total. The lowest BCUT2D eigenvalue weighted by Gasteiger charge is -2.51. The van der Waals surface area contributed by atoms with Crippen LogP contribution in [0.25, 0.3) is 0 Å². The molecule has 28 heavy (non-hydrogen) atoms. The third-order valence-corrected chi connectivity index (χ3v) is 5.99. The quantitative estimate of drug-likeness (QED) is 0.575. The lowest BCUT2D eigenvalue weighted by Crippen LogP contribution is -2.56. The van der Waals surface area contributed by atoms with Crippen molar-refractivity contribution >= 4 is 11.6 Å². The summed E-state index contributed by atoms with van der Waals surface area (Å²) < 4.78 is 0. The summed E-state index contributed by atoms with van der Waals surface area (Å²) >= 11 is 0. The zero-order valence-corrected chi connectivity index (χ0v) is 16.9. The molecule has 1 heterocycles. The van der Waals surface area contributed by atoms with Crippen LogP contribution in [0.5, 0.6) is 0 Å². The van der Waals surface area contributed by atoms with Crippen LogP contribution in [0.3, 0.4) is 0 Å². The van der Waals surface area contributed by atoms with Gasteiger partial charge in [0.25, 0.3) is 0 Å². The van der Waals surface area contributed by atoms with E-state index in [-0.39, 0.29) is 16.9 Å². The fraction of sp³-hybridized carbons (Fsp3) is 0.269. The van der Waals surface area contributed by atoms with E-state index in [0.29, 0.717) is 6.42 Å². The number of hydrogen-bond donors (Lipinski definition) is 0. The highest BCUT2D eigenvalue weighted by Gasteiger charge is 2.47. The molecule has 0 N–H and O–H groups in total. The Kier molecular flexibility index (Phi) is 4.58. The number of hydrogen-bond acceptors (Lipinski definition) is 1. The predicted octanol–water partition coefficient (Wildman–Crippen LogP) is 5.75. The summed E-state index contributed by atoms with van der Waals surface area (Å²) in [6, 6.07) is 29.1. The zero-order valence-electron chi connectivity index (χ0n) is 16.9. The van der Waals surface area contributed by atoms with Gasteiger partial charge in [0.05, 0.1) is 6.42 Å². The molecule has 0 spiro atoms. The van der Waals surface area contributed by atoms with E-state index in [4.69, 9.17) is 0 Å². The second kappa shape index (κ2) is 6.94. The Bertz CT molecular complexity index is 978. The summed E-state index contributed by atoms with van der Waals surface area (Å²) in [5.74, 6) is 0.152. The molecule has 3 aromatic carbocycles. The van der Waals surface area contributed by atoms with E-state index >= 15 is 0 Å². The highest BCUT2D eigenvalue weighted by atomic mass is 16.2. The van der Waals surface area contributed by atoms with Crippen molar-refractivity contribution < 1.29 is 4.79 Å². The van der Waals surface area contributed by atoms with Gasteiger partial charge >= 0.3 is 0 Å². The normalized spacial score (nSPS) is 20.5. The van der Waals surface area contributed by atoms with Gasteiger partial charge in [-0.05, 0) is 43.0 Å². The number of amides is 1. The monoisotopic (exact) mass is 369 g/mol. The molecule has 0 bridgehead atoms. The van der Waals surface area contributed by atoms with Crippen LogP contribution < -0.4 is 4.90 Å². The summed E-state index contributed by atoms with van der Waals surface area (Å²) in [5.41, 5.74) is 4.19. The Labute approximate surface area is 167 Å². The van der Waals surface area contributed by atoms with Crippen molar-refractivity contribution in [3.05, 3.63) is 102 Å². The average Bonchev–Trinajstić information content (AvgIpc) is 2.69. The molecule has 0 fully saturated rings. The molecule has 0 aromatic heterocycles. The summed E-state index contributed by atoms with van der Waals surface area (Å²) in [5, 5.41) is 0. The zero-order chi connectivity index (χ0) is 19.8. The van der Waals surface area contributed by atoms with E-state index in [1.165, 1.54) is 11.1 Å². The van der Waals surface area contributed by atoms with E-state index in [9.17, 15) is 4.79 Å². The van der Waals surface area contributed by atoms with Crippen molar-refractivity contribution in [3.63, 3.8) is 0 Å². The van der Waals surface area contributed by atoms with Gasteiger partial charge in [-0.3, -0.25) is 4.79 Å². The molecule has 4 rings (SSSR count). The maximum absolute atomic E-state index is 13.4. The summed E-state index contributed by atoms with van der Waals surface area (Å²) in [6.07, 6.45) is 1.29. The summed E-state index contributed by atoms with van der Waals surface area (Å²) in [6.45, 7) is 6.68. The predicted molar refractivity (Wildman–Crippen MR) is 116 cm³/mol. The van der Waals surface area contributed by atoms with Gasteiger partial charge in [0.2, 0.25) is 5.91 Å². The molecule has 142 valence electrons. The van der Waals surface area contributed by atoms with Gasteiger partial charge in [-0.15, -0.1) is 0 Å². The van der Waals surface area contributed by atoms with Crippen LogP contribution in [0.2, 0.25) is 0 Å². The average molecular weight is 370 g/mol. The van der Waals surface area contributed by atoms with Crippen molar-refractivity contribution in [1.82, 2.24) is 0 Å². The first-order valence-corrected chi connectivity index (χ1v) is 9.94. The molecule has 0 saturated carbocycles. The van der Waals surface area contributed by atoms with Crippen LogP contribution in [0.1, 0.15) is 43.9 Å². The van der Waals surface area contributed by atoms with Crippen LogP contribution in [0.15, 0.2) is 84.9 Å². The van der Waals surface area contributed by atoms with E-state index in [1.807, 2.05) is 41.3 Å². The van der Waals surface area contributed by atoms with Gasteiger partial charge in [-0.25, -0.2) is 0 Å². The second-order valence-corrected chi connectivity index (χ2v) is 8.60. The van der Waals surface area contributed by atoms with Crippen LogP contribution in [0, 0.1) is 0 Å². The van der Waals surface area contributed by atoms with Gasteiger partial charge in [-0.2, -0.15) is 0 Å². The minimum absolute atomic E-state index is 0.134. The minimum atomic E-state index is -0.287. The maximum atomic E-state index is 13.4. The Hall–Kier alpha value is -2.87. The lowest BCUT2D eigenvalue weighted by atomic mass is 9.65. The largest absolute Gasteiger partial charge is 0.306 e. The highest BCUT2D eigenvalue weighted by Crippen LogP contribution is 2.50. The van der Waals surface area contributed by atoms with Crippen LogP contribution >= 0.6 is 0 Å². The van der Waals surface area contributed by atoms with E-state index < -0.39 is 0 Å². The fourth-order valence-electron chi connectivity index (χ4n) is 4.89. The van der Waals surface area contributed by atoms with Crippen molar-refractivity contribution in [1.29, 1.82) is 0 Å². The Morgan fingerprint density at radius 1 is 0.821 bits per heavy atom. The number of fused-ring (bicyclic) bond motifs is 1. The molecular formula is C26H27NO. The van der Waals surface area contributed by atoms with Gasteiger partial charge in [0.15, 0.2) is 0 Å². The summed E-state index contributed by atoms with van der Waals surface area (Å²) in [4.78, 5) is 15.4. The number of carbonyl (C=O) groups excluding carboxylic acids is 1. The molecule has 0 radical (unpaired) electrons. The van der Waals surface area contributed by atoms with E-state index in [1.54, 1.807) is 0 Å². The Balaban J connectivity index is 1.80. The molecule has 0 aliphatic carbocycles. The van der Waals surface area contributed by atoms with E-state index in [2.05, 4.69) is 69.3 Å². The van der Waals surface area contributed by atoms with Crippen LogP contribution in [0.4, 0.5) is 5.69 Å². The lowest BCUT2D eigenvalue weighted by molar-refractivity contribution is -0.119. The fourth-order valence-corrected chi connectivity index (χ4v) is 4.89. The SMILES string of the molecule is CC1(C)C[C@](C)(c2ccccc2)c2ccccc2N1C(=O)Cc1ccccc1. The molecule has 1 aliphatic rings. The first-order chi connectivity index (χ1) is 13.4. The number of anilines is 1. The first-order valence-electron chi connectivity index (χ1n) is 9.94. The first kappa shape index (κ1) is 18.5. The molecule has 3 aromatic rings. The molecular weight excluding hydrogens is 342 g/mol. The molecule has 1 amide bonds. The molecule has 0 saturated heterocycles. The number of benzene rings is 3. The smallest absolute Gasteiger partial charge is 0.231 e. The molecule has 0 unspecified atom stereocenters. The maximum Gasteiger partial charge on any atom is 0.231 e. The topological polar surface area (TPSA) is 20.3 Å². The highest BCUT2D eigenvalue weighted by molar-refractivity contribution is 5.98. The van der Waals surface area contributed by atoms with E-state index in [0.717, 1.165) is 17.7 Å². The van der Waals surface area contributed by atoms with Gasteiger partial charge in [0, 0.05) is 16.6 Å². The standard InChI is InChI=1S/C26H27NO/c1-25(2)19-26(3,21-14-8-5-9-15-21)22-16-10-11-17-23(22)27(25)24(28)18-20-12-6-4-7-13-20/h4-17H,18-19H2,1-3H3/t26-/m1/s1. The number of para-hydroxylation sites is 1.